The topological polar surface area (TPSA) is 57.6 Å². The minimum absolute atomic E-state index is 0.257. The van der Waals surface area contributed by atoms with Crippen LogP contribution in [0.1, 0.15) is 23.2 Å². The minimum atomic E-state index is -1.77. The van der Waals surface area contributed by atoms with Gasteiger partial charge in [-0.2, -0.15) is 0 Å². The molecule has 5 heteroatoms. The maximum atomic E-state index is 12.9. The van der Waals surface area contributed by atoms with Crippen LogP contribution in [0.4, 0.5) is 0 Å². The van der Waals surface area contributed by atoms with Gasteiger partial charge in [0.2, 0.25) is 0 Å². The molecular formula is C21H18ClNO3. The van der Waals surface area contributed by atoms with Gasteiger partial charge in [-0.1, -0.05) is 48.0 Å². The number of Topliss-reactive ketones (excluding diaryl/α,β-unsaturated/α-hetero) is 1. The predicted molar refractivity (Wildman–Crippen MR) is 101 cm³/mol. The van der Waals surface area contributed by atoms with E-state index in [0.29, 0.717) is 22.7 Å². The van der Waals surface area contributed by atoms with E-state index < -0.39 is 17.4 Å². The average molecular weight is 368 g/mol. The molecule has 2 aromatic carbocycles. The Morgan fingerprint density at radius 3 is 2.73 bits per heavy atom. The van der Waals surface area contributed by atoms with Crippen molar-refractivity contribution in [3.63, 3.8) is 0 Å². The van der Waals surface area contributed by atoms with Crippen LogP contribution in [0.3, 0.4) is 0 Å². The number of amides is 1. The SMILES string of the molecule is CN1C(=O)C(O)(CC(=O)c2ccc3ccccc3c2)C2CC(Cl)=CC=C21. The van der Waals surface area contributed by atoms with Crippen LogP contribution in [0.2, 0.25) is 0 Å². The summed E-state index contributed by atoms with van der Waals surface area (Å²) in [6.45, 7) is 0. The van der Waals surface area contributed by atoms with Crippen LogP contribution in [0.25, 0.3) is 10.8 Å². The van der Waals surface area contributed by atoms with Crippen LogP contribution in [0.15, 0.2) is 65.3 Å². The third-order valence-corrected chi connectivity index (χ3v) is 5.61. The first-order valence-electron chi connectivity index (χ1n) is 8.49. The van der Waals surface area contributed by atoms with E-state index in [9.17, 15) is 14.7 Å². The fourth-order valence-corrected chi connectivity index (χ4v) is 4.10. The number of ketones is 1. The molecule has 0 saturated carbocycles. The molecular weight excluding hydrogens is 350 g/mol. The lowest BCUT2D eigenvalue weighted by atomic mass is 9.79. The number of halogens is 1. The molecule has 2 unspecified atom stereocenters. The molecule has 2 aliphatic rings. The van der Waals surface area contributed by atoms with E-state index in [1.807, 2.05) is 30.3 Å². The summed E-state index contributed by atoms with van der Waals surface area (Å²) >= 11 is 6.12. The summed E-state index contributed by atoms with van der Waals surface area (Å²) in [6, 6.07) is 13.2. The molecule has 26 heavy (non-hydrogen) atoms. The highest BCUT2D eigenvalue weighted by molar-refractivity contribution is 6.29. The van der Waals surface area contributed by atoms with E-state index in [4.69, 9.17) is 11.6 Å². The highest BCUT2D eigenvalue weighted by Gasteiger charge is 2.56. The van der Waals surface area contributed by atoms with Crippen LogP contribution in [-0.2, 0) is 4.79 Å². The molecule has 4 nitrogen and oxygen atoms in total. The van der Waals surface area contributed by atoms with Crippen molar-refractivity contribution in [2.45, 2.75) is 18.4 Å². The van der Waals surface area contributed by atoms with Crippen molar-refractivity contribution in [3.8, 4) is 0 Å². The van der Waals surface area contributed by atoms with Gasteiger partial charge in [-0.25, -0.2) is 0 Å². The Labute approximate surface area is 156 Å². The molecule has 1 amide bonds. The second kappa shape index (κ2) is 6.08. The molecule has 1 aliphatic carbocycles. The molecule has 1 N–H and O–H groups in total. The number of benzene rings is 2. The van der Waals surface area contributed by atoms with E-state index >= 15 is 0 Å². The highest BCUT2D eigenvalue weighted by atomic mass is 35.5. The van der Waals surface area contributed by atoms with Crippen LogP contribution >= 0.6 is 11.6 Å². The van der Waals surface area contributed by atoms with Crippen molar-refractivity contribution in [2.75, 3.05) is 7.05 Å². The number of nitrogens with zero attached hydrogens (tertiary/aromatic N) is 1. The average Bonchev–Trinajstić information content (AvgIpc) is 2.82. The predicted octanol–water partition coefficient (Wildman–Crippen LogP) is 3.64. The summed E-state index contributed by atoms with van der Waals surface area (Å²) < 4.78 is 0. The zero-order valence-corrected chi connectivity index (χ0v) is 15.0. The minimum Gasteiger partial charge on any atom is -0.379 e. The fraction of sp³-hybridized carbons (Fsp3) is 0.238. The van der Waals surface area contributed by atoms with Crippen molar-refractivity contribution in [1.29, 1.82) is 0 Å². The Morgan fingerprint density at radius 1 is 1.23 bits per heavy atom. The number of likely N-dealkylation sites (tertiary alicyclic amines) is 1. The molecule has 132 valence electrons. The summed E-state index contributed by atoms with van der Waals surface area (Å²) in [6.07, 6.45) is 3.56. The van der Waals surface area contributed by atoms with Gasteiger partial charge in [0.25, 0.3) is 5.91 Å². The van der Waals surface area contributed by atoms with Crippen LogP contribution < -0.4 is 0 Å². The van der Waals surface area contributed by atoms with Gasteiger partial charge < -0.3 is 10.0 Å². The molecule has 0 spiro atoms. The second-order valence-electron chi connectivity index (χ2n) is 6.91. The van der Waals surface area contributed by atoms with Crippen molar-refractivity contribution in [3.05, 3.63) is 70.9 Å². The Hall–Kier alpha value is -2.43. The number of rotatable bonds is 3. The molecule has 1 aliphatic heterocycles. The van der Waals surface area contributed by atoms with Gasteiger partial charge in [-0.15, -0.1) is 0 Å². The number of allylic oxidation sites excluding steroid dienone is 3. The highest BCUT2D eigenvalue weighted by Crippen LogP contribution is 2.45. The van der Waals surface area contributed by atoms with Gasteiger partial charge in [0.15, 0.2) is 11.4 Å². The van der Waals surface area contributed by atoms with Crippen LogP contribution in [0, 0.1) is 5.92 Å². The third-order valence-electron chi connectivity index (χ3n) is 5.33. The lowest BCUT2D eigenvalue weighted by Gasteiger charge is -2.27. The van der Waals surface area contributed by atoms with Crippen molar-refractivity contribution in [2.24, 2.45) is 5.92 Å². The molecule has 1 heterocycles. The summed E-state index contributed by atoms with van der Waals surface area (Å²) in [4.78, 5) is 27.0. The number of carbonyl (C=O) groups excluding carboxylic acids is 2. The van der Waals surface area contributed by atoms with Gasteiger partial charge in [0, 0.05) is 35.7 Å². The van der Waals surface area contributed by atoms with E-state index in [1.54, 1.807) is 31.3 Å². The lowest BCUT2D eigenvalue weighted by Crippen LogP contribution is -2.44. The Balaban J connectivity index is 1.66. The second-order valence-corrected chi connectivity index (χ2v) is 7.40. The summed E-state index contributed by atoms with van der Waals surface area (Å²) in [5.41, 5.74) is -0.576. The molecule has 1 saturated heterocycles. The smallest absolute Gasteiger partial charge is 0.259 e. The standard InChI is InChI=1S/C21H18ClNO3/c1-23-18-9-8-16(22)11-17(18)21(26,20(23)25)12-19(24)15-7-6-13-4-2-3-5-14(13)10-15/h2-10,17,26H,11-12H2,1H3. The van der Waals surface area contributed by atoms with Gasteiger partial charge in [-0.3, -0.25) is 9.59 Å². The molecule has 0 aromatic heterocycles. The zero-order valence-electron chi connectivity index (χ0n) is 14.3. The monoisotopic (exact) mass is 367 g/mol. The van der Waals surface area contributed by atoms with Crippen LogP contribution in [-0.4, -0.2) is 34.3 Å². The largest absolute Gasteiger partial charge is 0.379 e. The lowest BCUT2D eigenvalue weighted by molar-refractivity contribution is -0.144. The number of aliphatic hydroxyl groups is 1. The molecule has 1 fully saturated rings. The van der Waals surface area contributed by atoms with E-state index in [2.05, 4.69) is 0 Å². The third kappa shape index (κ3) is 2.57. The molecule has 2 atom stereocenters. The van der Waals surface area contributed by atoms with Crippen LogP contribution in [0.5, 0.6) is 0 Å². The first-order valence-corrected chi connectivity index (χ1v) is 8.87. The number of hydrogen-bond donors (Lipinski definition) is 1. The molecule has 2 aromatic rings. The van der Waals surface area contributed by atoms with Gasteiger partial charge in [0.05, 0.1) is 0 Å². The number of likely N-dealkylation sites (N-methyl/N-ethyl adjacent to an activating group) is 1. The molecule has 4 rings (SSSR count). The quantitative estimate of drug-likeness (QED) is 0.842. The Morgan fingerprint density at radius 2 is 1.96 bits per heavy atom. The number of fused-ring (bicyclic) bond motifs is 2. The van der Waals surface area contributed by atoms with Crippen molar-refractivity contribution >= 4 is 34.1 Å². The van der Waals surface area contributed by atoms with E-state index in [0.717, 1.165) is 10.8 Å². The van der Waals surface area contributed by atoms with Crippen molar-refractivity contribution in [1.82, 2.24) is 4.90 Å². The fourth-order valence-electron chi connectivity index (χ4n) is 3.88. The number of carbonyl (C=O) groups is 2. The zero-order chi connectivity index (χ0) is 18.5. The Kier molecular flexibility index (Phi) is 3.98. The maximum Gasteiger partial charge on any atom is 0.259 e. The first-order chi connectivity index (χ1) is 12.4. The summed E-state index contributed by atoms with van der Waals surface area (Å²) in [5, 5.41) is 13.7. The molecule has 0 bridgehead atoms. The first kappa shape index (κ1) is 17.0. The van der Waals surface area contributed by atoms with E-state index in [-0.39, 0.29) is 12.2 Å². The van der Waals surface area contributed by atoms with Gasteiger partial charge in [0.1, 0.15) is 0 Å². The Bertz CT molecular complexity index is 994. The maximum absolute atomic E-state index is 12.9. The van der Waals surface area contributed by atoms with Crippen molar-refractivity contribution < 1.29 is 14.7 Å². The normalized spacial score (nSPS) is 25.1. The summed E-state index contributed by atoms with van der Waals surface area (Å²) in [7, 11) is 1.62. The summed E-state index contributed by atoms with van der Waals surface area (Å²) in [5.74, 6) is -1.21. The number of hydrogen-bond acceptors (Lipinski definition) is 3. The molecule has 0 radical (unpaired) electrons. The van der Waals surface area contributed by atoms with E-state index in [1.165, 1.54) is 4.90 Å². The van der Waals surface area contributed by atoms with Gasteiger partial charge in [-0.05, 0) is 35.4 Å². The van der Waals surface area contributed by atoms with Gasteiger partial charge >= 0.3 is 0 Å².